The molecule has 88 valence electrons. The zero-order chi connectivity index (χ0) is 11.8. The third-order valence-electron chi connectivity index (χ3n) is 1.73. The summed E-state index contributed by atoms with van der Waals surface area (Å²) in [6.07, 6.45) is 4.32. The Morgan fingerprint density at radius 3 is 3.06 bits per heavy atom. The molecule has 0 saturated heterocycles. The number of thioether (sulfide) groups is 1. The monoisotopic (exact) mass is 241 g/mol. The van der Waals surface area contributed by atoms with Crippen LogP contribution in [0.25, 0.3) is 0 Å². The van der Waals surface area contributed by atoms with Gasteiger partial charge < -0.3 is 10.1 Å². The Morgan fingerprint density at radius 1 is 1.56 bits per heavy atom. The highest BCUT2D eigenvalue weighted by Gasteiger charge is 2.04. The highest BCUT2D eigenvalue weighted by molar-refractivity contribution is 7.99. The smallest absolute Gasteiger partial charge is 0.316 e. The van der Waals surface area contributed by atoms with Crippen LogP contribution in [0.5, 0.6) is 0 Å². The molecule has 0 aromatic carbocycles. The molecule has 0 aliphatic rings. The van der Waals surface area contributed by atoms with Gasteiger partial charge in [-0.15, -0.1) is 0 Å². The molecule has 0 atom stereocenters. The number of esters is 1. The van der Waals surface area contributed by atoms with Crippen LogP contribution in [-0.4, -0.2) is 35.3 Å². The van der Waals surface area contributed by atoms with Crippen molar-refractivity contribution in [1.29, 1.82) is 0 Å². The minimum absolute atomic E-state index is 0.252. The van der Waals surface area contributed by atoms with Crippen LogP contribution < -0.4 is 5.32 Å². The number of anilines is 1. The summed E-state index contributed by atoms with van der Waals surface area (Å²) in [6.45, 7) is 2.94. The predicted octanol–water partition coefficient (Wildman–Crippen LogP) is 1.56. The van der Waals surface area contributed by atoms with E-state index in [-0.39, 0.29) is 11.7 Å². The van der Waals surface area contributed by atoms with Gasteiger partial charge in [0.05, 0.1) is 25.3 Å². The van der Waals surface area contributed by atoms with Crippen molar-refractivity contribution in [3.8, 4) is 0 Å². The third-order valence-corrected chi connectivity index (χ3v) is 2.61. The number of nitrogens with zero attached hydrogens (tertiary/aromatic N) is 2. The average molecular weight is 241 g/mol. The lowest BCUT2D eigenvalue weighted by molar-refractivity contribution is -0.137. The van der Waals surface area contributed by atoms with Crippen molar-refractivity contribution < 1.29 is 9.53 Å². The van der Waals surface area contributed by atoms with Crippen molar-refractivity contribution in [3.05, 3.63) is 12.4 Å². The molecule has 0 amide bonds. The second-order valence-electron chi connectivity index (χ2n) is 3.03. The lowest BCUT2D eigenvalue weighted by atomic mass is 10.5. The molecule has 0 bridgehead atoms. The fraction of sp³-hybridized carbons (Fsp3) is 0.500. The fourth-order valence-electron chi connectivity index (χ4n) is 0.948. The van der Waals surface area contributed by atoms with Crippen LogP contribution in [0.2, 0.25) is 0 Å². The molecule has 0 unspecified atom stereocenters. The minimum Gasteiger partial charge on any atom is -0.468 e. The molecule has 1 heterocycles. The van der Waals surface area contributed by atoms with Gasteiger partial charge in [0.1, 0.15) is 10.8 Å². The number of hydrogen-bond acceptors (Lipinski definition) is 6. The zero-order valence-electron chi connectivity index (χ0n) is 9.40. The summed E-state index contributed by atoms with van der Waals surface area (Å²) in [4.78, 5) is 19.3. The van der Waals surface area contributed by atoms with Gasteiger partial charge in [0.25, 0.3) is 0 Å². The topological polar surface area (TPSA) is 64.1 Å². The first-order valence-electron chi connectivity index (χ1n) is 5.01. The fourth-order valence-corrected chi connectivity index (χ4v) is 1.63. The molecule has 0 fully saturated rings. The SMILES string of the molecule is CCCNc1cncc(SCC(=O)OC)n1. The Labute approximate surface area is 99.0 Å². The molecule has 0 aliphatic carbocycles. The largest absolute Gasteiger partial charge is 0.468 e. The normalized spacial score (nSPS) is 9.88. The summed E-state index contributed by atoms with van der Waals surface area (Å²) >= 11 is 1.31. The minimum atomic E-state index is -0.265. The molecule has 6 heteroatoms. The van der Waals surface area contributed by atoms with E-state index >= 15 is 0 Å². The zero-order valence-corrected chi connectivity index (χ0v) is 10.2. The number of rotatable bonds is 6. The second kappa shape index (κ2) is 7.05. The van der Waals surface area contributed by atoms with E-state index in [1.54, 1.807) is 12.4 Å². The average Bonchev–Trinajstić information content (AvgIpc) is 2.34. The Hall–Kier alpha value is -1.30. The maximum Gasteiger partial charge on any atom is 0.316 e. The highest BCUT2D eigenvalue weighted by atomic mass is 32.2. The summed E-state index contributed by atoms with van der Waals surface area (Å²) in [6, 6.07) is 0. The Morgan fingerprint density at radius 2 is 2.38 bits per heavy atom. The van der Waals surface area contributed by atoms with Crippen molar-refractivity contribution in [2.45, 2.75) is 18.4 Å². The number of aromatic nitrogens is 2. The second-order valence-corrected chi connectivity index (χ2v) is 4.03. The van der Waals surface area contributed by atoms with Crippen LogP contribution in [-0.2, 0) is 9.53 Å². The van der Waals surface area contributed by atoms with Gasteiger partial charge in [-0.2, -0.15) is 0 Å². The molecular weight excluding hydrogens is 226 g/mol. The molecule has 0 radical (unpaired) electrons. The first-order chi connectivity index (χ1) is 7.76. The predicted molar refractivity (Wildman–Crippen MR) is 63.6 cm³/mol. The Balaban J connectivity index is 2.50. The van der Waals surface area contributed by atoms with E-state index in [1.807, 2.05) is 0 Å². The van der Waals surface area contributed by atoms with Gasteiger partial charge in [0.15, 0.2) is 0 Å². The molecule has 1 N–H and O–H groups in total. The van der Waals surface area contributed by atoms with Crippen molar-refractivity contribution in [2.24, 2.45) is 0 Å². The number of carbonyl (C=O) groups is 1. The van der Waals surface area contributed by atoms with Gasteiger partial charge in [0.2, 0.25) is 0 Å². The van der Waals surface area contributed by atoms with Crippen LogP contribution in [0.15, 0.2) is 17.4 Å². The maximum absolute atomic E-state index is 10.9. The maximum atomic E-state index is 10.9. The quantitative estimate of drug-likeness (QED) is 0.602. The first kappa shape index (κ1) is 12.8. The van der Waals surface area contributed by atoms with E-state index < -0.39 is 0 Å². The van der Waals surface area contributed by atoms with Crippen LogP contribution in [0, 0.1) is 0 Å². The van der Waals surface area contributed by atoms with Crippen LogP contribution in [0.3, 0.4) is 0 Å². The van der Waals surface area contributed by atoms with E-state index in [9.17, 15) is 4.79 Å². The van der Waals surface area contributed by atoms with E-state index in [0.29, 0.717) is 5.03 Å². The van der Waals surface area contributed by atoms with Gasteiger partial charge in [0, 0.05) is 6.54 Å². The van der Waals surface area contributed by atoms with Crippen molar-refractivity contribution in [3.63, 3.8) is 0 Å². The van der Waals surface area contributed by atoms with Crippen LogP contribution >= 0.6 is 11.8 Å². The molecule has 5 nitrogen and oxygen atoms in total. The summed E-state index contributed by atoms with van der Waals surface area (Å²) < 4.78 is 4.54. The van der Waals surface area contributed by atoms with E-state index in [2.05, 4.69) is 26.9 Å². The molecule has 0 aliphatic heterocycles. The number of carbonyl (C=O) groups excluding carboxylic acids is 1. The standard InChI is InChI=1S/C10H15N3O2S/c1-3-4-12-8-5-11-6-9(13-8)16-7-10(14)15-2/h5-6H,3-4,7H2,1-2H3,(H,12,13). The lowest BCUT2D eigenvalue weighted by Gasteiger charge is -2.04. The van der Waals surface area contributed by atoms with Gasteiger partial charge in [-0.1, -0.05) is 18.7 Å². The Bertz CT molecular complexity index is 347. The number of nitrogens with one attached hydrogen (secondary N) is 1. The van der Waals surface area contributed by atoms with E-state index in [1.165, 1.54) is 18.9 Å². The summed E-state index contributed by atoms with van der Waals surface area (Å²) in [5.74, 6) is 0.720. The van der Waals surface area contributed by atoms with Crippen molar-refractivity contribution in [2.75, 3.05) is 24.7 Å². The van der Waals surface area contributed by atoms with E-state index in [0.717, 1.165) is 18.8 Å². The molecule has 1 aromatic rings. The number of ether oxygens (including phenoxy) is 1. The van der Waals surface area contributed by atoms with Gasteiger partial charge in [-0.25, -0.2) is 4.98 Å². The van der Waals surface area contributed by atoms with Crippen molar-refractivity contribution in [1.82, 2.24) is 9.97 Å². The molecular formula is C10H15N3O2S. The highest BCUT2D eigenvalue weighted by Crippen LogP contribution is 2.15. The molecule has 0 spiro atoms. The molecule has 1 rings (SSSR count). The first-order valence-corrected chi connectivity index (χ1v) is 6.00. The number of hydrogen-bond donors (Lipinski definition) is 1. The molecule has 1 aromatic heterocycles. The Kier molecular flexibility index (Phi) is 5.63. The van der Waals surface area contributed by atoms with Crippen LogP contribution in [0.4, 0.5) is 5.82 Å². The summed E-state index contributed by atoms with van der Waals surface area (Å²) in [5.41, 5.74) is 0. The third kappa shape index (κ3) is 4.48. The van der Waals surface area contributed by atoms with Gasteiger partial charge >= 0.3 is 5.97 Å². The summed E-state index contributed by atoms with van der Waals surface area (Å²) in [7, 11) is 1.37. The van der Waals surface area contributed by atoms with Gasteiger partial charge in [-0.3, -0.25) is 9.78 Å². The van der Waals surface area contributed by atoms with E-state index in [4.69, 9.17) is 0 Å². The van der Waals surface area contributed by atoms with Crippen molar-refractivity contribution >= 4 is 23.5 Å². The lowest BCUT2D eigenvalue weighted by Crippen LogP contribution is -2.05. The summed E-state index contributed by atoms with van der Waals surface area (Å²) in [5, 5.41) is 3.85. The molecule has 0 saturated carbocycles. The number of methoxy groups -OCH3 is 1. The molecule has 16 heavy (non-hydrogen) atoms. The van der Waals surface area contributed by atoms with Crippen LogP contribution in [0.1, 0.15) is 13.3 Å². The van der Waals surface area contributed by atoms with Gasteiger partial charge in [-0.05, 0) is 6.42 Å².